The lowest BCUT2D eigenvalue weighted by molar-refractivity contribution is 0.0106. The summed E-state index contributed by atoms with van der Waals surface area (Å²) >= 11 is 3.53. The number of carbonyl (C=O) groups is 1. The molecule has 1 saturated heterocycles. The SMILES string of the molecule is CC[C@@H]1CN(c2nc(=O)n(C)c3ccc(Br)cc23)[C@@H](C)CN1C(=O)OC(C)(C)C. The summed E-state index contributed by atoms with van der Waals surface area (Å²) in [7, 11) is 1.73. The van der Waals surface area contributed by atoms with Crippen molar-refractivity contribution in [3.63, 3.8) is 0 Å². The third kappa shape index (κ3) is 4.42. The summed E-state index contributed by atoms with van der Waals surface area (Å²) in [6.07, 6.45) is 0.495. The highest BCUT2D eigenvalue weighted by molar-refractivity contribution is 9.10. The summed E-state index contributed by atoms with van der Waals surface area (Å²) in [6.45, 7) is 10.8. The van der Waals surface area contributed by atoms with E-state index >= 15 is 0 Å². The molecule has 0 aliphatic carbocycles. The number of anilines is 1. The number of fused-ring (bicyclic) bond motifs is 1. The first-order valence-corrected chi connectivity index (χ1v) is 10.7. The van der Waals surface area contributed by atoms with Crippen molar-refractivity contribution in [2.24, 2.45) is 7.05 Å². The van der Waals surface area contributed by atoms with Gasteiger partial charge in [0.05, 0.1) is 11.6 Å². The van der Waals surface area contributed by atoms with Gasteiger partial charge in [-0.3, -0.25) is 4.57 Å². The molecule has 0 N–H and O–H groups in total. The van der Waals surface area contributed by atoms with Crippen molar-refractivity contribution in [3.05, 3.63) is 33.2 Å². The van der Waals surface area contributed by atoms with Crippen LogP contribution in [0.15, 0.2) is 27.5 Å². The molecule has 2 atom stereocenters. The molecule has 0 spiro atoms. The van der Waals surface area contributed by atoms with Crippen LogP contribution in [0.3, 0.4) is 0 Å². The highest BCUT2D eigenvalue weighted by Crippen LogP contribution is 2.31. The fourth-order valence-corrected chi connectivity index (χ4v) is 4.12. The van der Waals surface area contributed by atoms with Crippen LogP contribution in [0.4, 0.5) is 10.6 Å². The molecule has 2 heterocycles. The van der Waals surface area contributed by atoms with E-state index in [4.69, 9.17) is 4.74 Å². The first-order chi connectivity index (χ1) is 13.5. The summed E-state index contributed by atoms with van der Waals surface area (Å²) < 4.78 is 8.10. The van der Waals surface area contributed by atoms with Gasteiger partial charge < -0.3 is 14.5 Å². The van der Waals surface area contributed by atoms with Gasteiger partial charge >= 0.3 is 11.8 Å². The monoisotopic (exact) mass is 464 g/mol. The standard InChI is InChI=1S/C21H29BrN4O3/c1-7-15-12-25(13(2)11-26(15)20(28)29-21(3,4)5)18-16-10-14(22)8-9-17(16)24(6)19(27)23-18/h8-10,13,15H,7,11-12H2,1-6H3/t13-,15+/m0/s1. The average Bonchev–Trinajstić information content (AvgIpc) is 2.63. The molecule has 0 unspecified atom stereocenters. The maximum atomic E-state index is 12.7. The Labute approximate surface area is 179 Å². The zero-order chi connectivity index (χ0) is 21.5. The first kappa shape index (κ1) is 21.6. The number of ether oxygens (including phenoxy) is 1. The fraction of sp³-hybridized carbons (Fsp3) is 0.571. The summed E-state index contributed by atoms with van der Waals surface area (Å²) in [4.78, 5) is 33.6. The molecule has 1 aromatic heterocycles. The number of hydrogen-bond acceptors (Lipinski definition) is 5. The highest BCUT2D eigenvalue weighted by atomic mass is 79.9. The average molecular weight is 465 g/mol. The molecule has 0 saturated carbocycles. The van der Waals surface area contributed by atoms with Crippen LogP contribution in [-0.2, 0) is 11.8 Å². The number of aromatic nitrogens is 2. The van der Waals surface area contributed by atoms with Crippen molar-refractivity contribution >= 4 is 38.7 Å². The molecule has 8 heteroatoms. The zero-order valence-electron chi connectivity index (χ0n) is 17.9. The summed E-state index contributed by atoms with van der Waals surface area (Å²) in [5.41, 5.74) is 0.00784. The lowest BCUT2D eigenvalue weighted by atomic mass is 10.0. The number of amides is 1. The predicted octanol–water partition coefficient (Wildman–Crippen LogP) is 3.92. The van der Waals surface area contributed by atoms with E-state index in [1.165, 1.54) is 0 Å². The number of aryl methyl sites for hydroxylation is 1. The second-order valence-electron chi connectivity index (χ2n) is 8.63. The zero-order valence-corrected chi connectivity index (χ0v) is 19.5. The second-order valence-corrected chi connectivity index (χ2v) is 9.55. The number of hydrogen-bond donors (Lipinski definition) is 0. The van der Waals surface area contributed by atoms with Crippen LogP contribution in [0.25, 0.3) is 10.9 Å². The van der Waals surface area contributed by atoms with E-state index in [2.05, 4.69) is 32.7 Å². The number of nitrogens with zero attached hydrogens (tertiary/aromatic N) is 4. The van der Waals surface area contributed by atoms with Gasteiger partial charge in [0.2, 0.25) is 0 Å². The molecular weight excluding hydrogens is 436 g/mol. The van der Waals surface area contributed by atoms with Crippen LogP contribution < -0.4 is 10.6 Å². The lowest BCUT2D eigenvalue weighted by Crippen LogP contribution is -2.60. The largest absolute Gasteiger partial charge is 0.444 e. The lowest BCUT2D eigenvalue weighted by Gasteiger charge is -2.45. The number of halogens is 1. The molecule has 7 nitrogen and oxygen atoms in total. The van der Waals surface area contributed by atoms with Gasteiger partial charge in [0.25, 0.3) is 0 Å². The molecule has 1 fully saturated rings. The van der Waals surface area contributed by atoms with Gasteiger partial charge in [0, 0.05) is 36.0 Å². The number of piperazine rings is 1. The van der Waals surface area contributed by atoms with Gasteiger partial charge in [0.15, 0.2) is 0 Å². The molecule has 29 heavy (non-hydrogen) atoms. The normalized spacial score (nSPS) is 20.2. The van der Waals surface area contributed by atoms with E-state index < -0.39 is 5.60 Å². The van der Waals surface area contributed by atoms with Gasteiger partial charge in [-0.1, -0.05) is 22.9 Å². The minimum absolute atomic E-state index is 0.00731. The molecule has 1 aliphatic heterocycles. The van der Waals surface area contributed by atoms with E-state index in [0.29, 0.717) is 18.9 Å². The number of carbonyl (C=O) groups excluding carboxylic acids is 1. The van der Waals surface area contributed by atoms with Gasteiger partial charge in [-0.05, 0) is 52.3 Å². The molecule has 2 aromatic rings. The molecular formula is C21H29BrN4O3. The van der Waals surface area contributed by atoms with Crippen molar-refractivity contribution < 1.29 is 9.53 Å². The minimum Gasteiger partial charge on any atom is -0.444 e. The van der Waals surface area contributed by atoms with Gasteiger partial charge in [0.1, 0.15) is 11.4 Å². The maximum Gasteiger partial charge on any atom is 0.410 e. The van der Waals surface area contributed by atoms with Crippen LogP contribution in [0, 0.1) is 0 Å². The van der Waals surface area contributed by atoms with E-state index in [1.807, 2.05) is 50.8 Å². The summed E-state index contributed by atoms with van der Waals surface area (Å²) in [5, 5.41) is 0.911. The fourth-order valence-electron chi connectivity index (χ4n) is 3.75. The van der Waals surface area contributed by atoms with Gasteiger partial charge in [-0.2, -0.15) is 4.98 Å². The topological polar surface area (TPSA) is 67.7 Å². The molecule has 0 bridgehead atoms. The van der Waals surface area contributed by atoms with Crippen LogP contribution >= 0.6 is 15.9 Å². The van der Waals surface area contributed by atoms with Crippen molar-refractivity contribution in [1.82, 2.24) is 14.5 Å². The number of rotatable bonds is 2. The third-order valence-corrected chi connectivity index (χ3v) is 5.76. The molecule has 3 rings (SSSR count). The summed E-state index contributed by atoms with van der Waals surface area (Å²) in [6, 6.07) is 5.81. The predicted molar refractivity (Wildman–Crippen MR) is 119 cm³/mol. The Morgan fingerprint density at radius 2 is 2.00 bits per heavy atom. The minimum atomic E-state index is -0.536. The molecule has 1 aromatic carbocycles. The Morgan fingerprint density at radius 1 is 1.31 bits per heavy atom. The maximum absolute atomic E-state index is 12.7. The van der Waals surface area contributed by atoms with Crippen LogP contribution in [0.2, 0.25) is 0 Å². The Bertz CT molecular complexity index is 982. The first-order valence-electron chi connectivity index (χ1n) is 9.94. The van der Waals surface area contributed by atoms with E-state index in [0.717, 1.165) is 21.8 Å². The van der Waals surface area contributed by atoms with Crippen molar-refractivity contribution in [3.8, 4) is 0 Å². The Hall–Kier alpha value is -2.09. The Kier molecular flexibility index (Phi) is 5.94. The molecule has 0 radical (unpaired) electrons. The smallest absolute Gasteiger partial charge is 0.410 e. The molecule has 1 aliphatic rings. The number of benzene rings is 1. The van der Waals surface area contributed by atoms with Crippen molar-refractivity contribution in [2.75, 3.05) is 18.0 Å². The Balaban J connectivity index is 2.00. The molecule has 1 amide bonds. The molecule has 158 valence electrons. The highest BCUT2D eigenvalue weighted by Gasteiger charge is 2.37. The second kappa shape index (κ2) is 7.97. The van der Waals surface area contributed by atoms with Crippen LogP contribution in [0.5, 0.6) is 0 Å². The Morgan fingerprint density at radius 3 is 2.62 bits per heavy atom. The third-order valence-electron chi connectivity index (χ3n) is 5.26. The van der Waals surface area contributed by atoms with E-state index in [9.17, 15) is 9.59 Å². The van der Waals surface area contributed by atoms with E-state index in [1.54, 1.807) is 11.6 Å². The van der Waals surface area contributed by atoms with E-state index in [-0.39, 0.29) is 23.9 Å². The van der Waals surface area contributed by atoms with Crippen LogP contribution in [0.1, 0.15) is 41.0 Å². The quantitative estimate of drug-likeness (QED) is 0.673. The summed E-state index contributed by atoms with van der Waals surface area (Å²) in [5.74, 6) is 0.666. The van der Waals surface area contributed by atoms with Gasteiger partial charge in [-0.25, -0.2) is 9.59 Å². The van der Waals surface area contributed by atoms with Crippen molar-refractivity contribution in [2.45, 2.75) is 58.7 Å². The van der Waals surface area contributed by atoms with Crippen LogP contribution in [-0.4, -0.2) is 51.3 Å². The van der Waals surface area contributed by atoms with Gasteiger partial charge in [-0.15, -0.1) is 0 Å². The van der Waals surface area contributed by atoms with Crippen molar-refractivity contribution in [1.29, 1.82) is 0 Å².